The molecule has 2 aliphatic rings. The van der Waals surface area contributed by atoms with E-state index < -0.39 is 5.41 Å². The van der Waals surface area contributed by atoms with E-state index in [1.165, 1.54) is 49.4 Å². The van der Waals surface area contributed by atoms with Gasteiger partial charge in [-0.05, 0) is 111 Å². The second kappa shape index (κ2) is 13.2. The van der Waals surface area contributed by atoms with Crippen LogP contribution in [0.25, 0.3) is 49.7 Å². The maximum atomic E-state index is 6.88. The van der Waals surface area contributed by atoms with Crippen LogP contribution in [-0.2, 0) is 5.41 Å². The van der Waals surface area contributed by atoms with E-state index in [9.17, 15) is 0 Å². The fourth-order valence-electron chi connectivity index (χ4n) is 9.87. The monoisotopic (exact) mass is 772 g/mol. The largest absolute Gasteiger partial charge is 0.457 e. The van der Waals surface area contributed by atoms with Gasteiger partial charge < -0.3 is 14.2 Å². The minimum absolute atomic E-state index is 0.604. The Hall–Kier alpha value is -7.19. The van der Waals surface area contributed by atoms with Crippen LogP contribution >= 0.6 is 9.24 Å². The lowest BCUT2D eigenvalue weighted by atomic mass is 9.66. The molecule has 0 bridgehead atoms. The zero-order valence-electron chi connectivity index (χ0n) is 32.1. The molecule has 1 aliphatic heterocycles. The molecule has 10 aromatic rings. The van der Waals surface area contributed by atoms with Crippen LogP contribution in [0.4, 0.5) is 17.1 Å². The van der Waals surface area contributed by atoms with Gasteiger partial charge in [-0.1, -0.05) is 140 Å². The van der Waals surface area contributed by atoms with Gasteiger partial charge in [0.05, 0.1) is 16.4 Å². The van der Waals surface area contributed by atoms with Gasteiger partial charge in [0, 0.05) is 44.6 Å². The number of ether oxygens (including phenoxy) is 1. The summed E-state index contributed by atoms with van der Waals surface area (Å²) in [5.74, 6) is 1.76. The first-order valence-corrected chi connectivity index (χ1v) is 20.7. The molecule has 0 radical (unpaired) electrons. The molecule has 2 heterocycles. The van der Waals surface area contributed by atoms with E-state index in [1.807, 2.05) is 0 Å². The standard InChI is InChI=1S/C55H37N2OP/c59-42-28-24-39(25-29-42)57-51-21-11-8-18-45(51)46-34-40(27-32-52(46)57)56(38-15-5-2-6-16-38)41-26-30-44-43-17-7-9-19-47(43)55(50(44)35-41)48-20-10-12-22-53(48)58-54-33-37(23-31-49(54)55)36-13-3-1-4-14-36/h1-35H,59H2. The third-order valence-electron chi connectivity index (χ3n) is 12.4. The maximum Gasteiger partial charge on any atom is 0.132 e. The van der Waals surface area contributed by atoms with Gasteiger partial charge in [-0.2, -0.15) is 0 Å². The van der Waals surface area contributed by atoms with Crippen molar-refractivity contribution in [2.24, 2.45) is 0 Å². The van der Waals surface area contributed by atoms with Gasteiger partial charge in [0.15, 0.2) is 0 Å². The van der Waals surface area contributed by atoms with Crippen LogP contribution in [0.3, 0.4) is 0 Å². The fourth-order valence-corrected chi connectivity index (χ4v) is 10.1. The lowest BCUT2D eigenvalue weighted by Crippen LogP contribution is -2.32. The summed E-state index contributed by atoms with van der Waals surface area (Å²) >= 11 is 0. The van der Waals surface area contributed by atoms with Crippen molar-refractivity contribution in [3.63, 3.8) is 0 Å². The SMILES string of the molecule is Pc1ccc(-n2c3ccccc3c3cc(N(c4ccccc4)c4ccc5c(c4)C4(c6ccccc6Oc6cc(-c7ccccc7)ccc64)c4ccccc4-5)ccc32)cc1. The van der Waals surface area contributed by atoms with E-state index in [-0.39, 0.29) is 0 Å². The first-order chi connectivity index (χ1) is 29.2. The highest BCUT2D eigenvalue weighted by Crippen LogP contribution is 2.63. The average Bonchev–Trinajstić information content (AvgIpc) is 3.77. The Balaban J connectivity index is 1.10. The Bertz CT molecular complexity index is 3260. The highest BCUT2D eigenvalue weighted by atomic mass is 31.0. The van der Waals surface area contributed by atoms with Crippen LogP contribution in [0.2, 0.25) is 0 Å². The molecular formula is C55H37N2OP. The van der Waals surface area contributed by atoms with Crippen LogP contribution < -0.4 is 14.9 Å². The zero-order chi connectivity index (χ0) is 39.1. The van der Waals surface area contributed by atoms with Crippen molar-refractivity contribution in [3.8, 4) is 39.4 Å². The molecule has 0 saturated heterocycles. The molecule has 59 heavy (non-hydrogen) atoms. The second-order valence-electron chi connectivity index (χ2n) is 15.5. The van der Waals surface area contributed by atoms with Crippen LogP contribution in [0.5, 0.6) is 11.5 Å². The van der Waals surface area contributed by atoms with Gasteiger partial charge in [0.1, 0.15) is 11.5 Å². The summed E-state index contributed by atoms with van der Waals surface area (Å²) < 4.78 is 9.26. The minimum atomic E-state index is -0.604. The van der Waals surface area contributed by atoms with E-state index >= 15 is 0 Å². The summed E-state index contributed by atoms with van der Waals surface area (Å²) in [7, 11) is 2.80. The summed E-state index contributed by atoms with van der Waals surface area (Å²) in [6.45, 7) is 0. The number of para-hydroxylation sites is 3. The average molecular weight is 773 g/mol. The Labute approximate surface area is 345 Å². The molecule has 0 N–H and O–H groups in total. The quantitative estimate of drug-likeness (QED) is 0.162. The molecule has 0 fully saturated rings. The number of benzene rings is 9. The van der Waals surface area contributed by atoms with Crippen LogP contribution in [-0.4, -0.2) is 4.57 Å². The molecule has 1 aromatic heterocycles. The zero-order valence-corrected chi connectivity index (χ0v) is 33.2. The van der Waals surface area contributed by atoms with E-state index in [4.69, 9.17) is 4.74 Å². The Morgan fingerprint density at radius 3 is 1.90 bits per heavy atom. The van der Waals surface area contributed by atoms with Crippen LogP contribution in [0.15, 0.2) is 212 Å². The minimum Gasteiger partial charge on any atom is -0.457 e. The molecule has 0 amide bonds. The number of hydrogen-bond donors (Lipinski definition) is 0. The smallest absolute Gasteiger partial charge is 0.132 e. The number of anilines is 3. The number of hydrogen-bond acceptors (Lipinski definition) is 2. The Morgan fingerprint density at radius 1 is 0.407 bits per heavy atom. The summed E-state index contributed by atoms with van der Waals surface area (Å²) in [5.41, 5.74) is 15.8. The molecule has 278 valence electrons. The summed E-state index contributed by atoms with van der Waals surface area (Å²) in [6.07, 6.45) is 0. The van der Waals surface area contributed by atoms with Crippen molar-refractivity contribution in [1.29, 1.82) is 0 Å². The van der Waals surface area contributed by atoms with Crippen molar-refractivity contribution < 1.29 is 4.74 Å². The van der Waals surface area contributed by atoms with Crippen molar-refractivity contribution in [1.82, 2.24) is 4.57 Å². The van der Waals surface area contributed by atoms with Crippen molar-refractivity contribution in [3.05, 3.63) is 235 Å². The lowest BCUT2D eigenvalue weighted by Gasteiger charge is -2.40. The van der Waals surface area contributed by atoms with Gasteiger partial charge >= 0.3 is 0 Å². The fraction of sp³-hybridized carbons (Fsp3) is 0.0182. The van der Waals surface area contributed by atoms with E-state index in [2.05, 4.69) is 231 Å². The van der Waals surface area contributed by atoms with Crippen molar-refractivity contribution >= 4 is 53.4 Å². The number of aromatic nitrogens is 1. The first kappa shape index (κ1) is 33.9. The topological polar surface area (TPSA) is 17.4 Å². The number of nitrogens with zero attached hydrogens (tertiary/aromatic N) is 2. The highest BCUT2D eigenvalue weighted by Gasteiger charge is 2.51. The highest BCUT2D eigenvalue weighted by molar-refractivity contribution is 7.27. The summed E-state index contributed by atoms with van der Waals surface area (Å²) in [4.78, 5) is 2.41. The van der Waals surface area contributed by atoms with Crippen molar-refractivity contribution in [2.75, 3.05) is 4.90 Å². The van der Waals surface area contributed by atoms with Gasteiger partial charge in [-0.25, -0.2) is 0 Å². The molecule has 12 rings (SSSR count). The third kappa shape index (κ3) is 5.05. The Kier molecular flexibility index (Phi) is 7.57. The van der Waals surface area contributed by atoms with Crippen LogP contribution in [0.1, 0.15) is 22.3 Å². The van der Waals surface area contributed by atoms with Gasteiger partial charge in [0.25, 0.3) is 0 Å². The van der Waals surface area contributed by atoms with Crippen LogP contribution in [0, 0.1) is 0 Å². The molecule has 1 aliphatic carbocycles. The molecule has 3 nitrogen and oxygen atoms in total. The molecule has 9 aromatic carbocycles. The number of rotatable bonds is 5. The summed E-state index contributed by atoms with van der Waals surface area (Å²) in [5, 5.41) is 3.60. The molecule has 0 saturated carbocycles. The molecular weight excluding hydrogens is 736 g/mol. The van der Waals surface area contributed by atoms with Crippen molar-refractivity contribution in [2.45, 2.75) is 5.41 Å². The number of fused-ring (bicyclic) bond motifs is 12. The summed E-state index contributed by atoms with van der Waals surface area (Å²) in [6, 6.07) is 77.1. The predicted molar refractivity (Wildman–Crippen MR) is 248 cm³/mol. The molecule has 2 atom stereocenters. The predicted octanol–water partition coefficient (Wildman–Crippen LogP) is 13.9. The molecule has 1 spiro atoms. The maximum absolute atomic E-state index is 6.88. The van der Waals surface area contributed by atoms with E-state index in [0.717, 1.165) is 56.5 Å². The lowest BCUT2D eigenvalue weighted by molar-refractivity contribution is 0.436. The normalized spacial score (nSPS) is 14.7. The van der Waals surface area contributed by atoms with E-state index in [0.29, 0.717) is 0 Å². The van der Waals surface area contributed by atoms with E-state index in [1.54, 1.807) is 0 Å². The van der Waals surface area contributed by atoms with Gasteiger partial charge in [-0.3, -0.25) is 0 Å². The second-order valence-corrected chi connectivity index (χ2v) is 16.2. The van der Waals surface area contributed by atoms with Gasteiger partial charge in [-0.15, -0.1) is 9.24 Å². The first-order valence-electron chi connectivity index (χ1n) is 20.1. The molecule has 2 unspecified atom stereocenters. The third-order valence-corrected chi connectivity index (χ3v) is 12.8. The van der Waals surface area contributed by atoms with Gasteiger partial charge in [0.2, 0.25) is 0 Å². The Morgan fingerprint density at radius 2 is 1.05 bits per heavy atom. The molecule has 4 heteroatoms.